The quantitative estimate of drug-likeness (QED) is 0.188. The summed E-state index contributed by atoms with van der Waals surface area (Å²) in [6.45, 7) is 7.05. The lowest BCUT2D eigenvalue weighted by Gasteiger charge is -2.27. The van der Waals surface area contributed by atoms with Crippen LogP contribution in [0.15, 0.2) is 152 Å². The second kappa shape index (κ2) is 10.2. The first-order chi connectivity index (χ1) is 21.5. The van der Waals surface area contributed by atoms with Gasteiger partial charge in [-0.15, -0.1) is 0 Å². The Kier molecular flexibility index (Phi) is 6.13. The Hall–Kier alpha value is -5.20. The Morgan fingerprint density at radius 1 is 0.341 bits per heavy atom. The maximum atomic E-state index is 2.46. The van der Waals surface area contributed by atoms with Gasteiger partial charge in [0.05, 0.1) is 0 Å². The molecule has 0 amide bonds. The fraction of sp³-hybridized carbons (Fsp3) is 0.0909. The number of benzene rings is 8. The van der Waals surface area contributed by atoms with Gasteiger partial charge in [0.15, 0.2) is 0 Å². The van der Waals surface area contributed by atoms with Crippen LogP contribution in [0.4, 0.5) is 0 Å². The molecule has 0 radical (unpaired) electrons. The highest BCUT2D eigenvalue weighted by atomic mass is 14.3. The van der Waals surface area contributed by atoms with Gasteiger partial charge < -0.3 is 0 Å². The monoisotopic (exact) mass is 562 g/mol. The lowest BCUT2D eigenvalue weighted by molar-refractivity contribution is 0.601. The van der Waals surface area contributed by atoms with Crippen LogP contribution in [0.25, 0.3) is 76.5 Å². The summed E-state index contributed by atoms with van der Waals surface area (Å²) >= 11 is 0. The van der Waals surface area contributed by atoms with Crippen LogP contribution >= 0.6 is 0 Å². The third kappa shape index (κ3) is 4.21. The molecule has 8 aromatic rings. The standard InChI is InChI=1S/C44H34/c1-44(2,3)43-40-22-12-11-21-38(40)42(37-23-13-17-30-16-7-8-18-32(30)37)39-25-24-31(28-41(39)43)34-27-26-33(29-14-5-4-6-15-29)35-19-9-10-20-36(34)35/h4-28H,1-3H3. The Morgan fingerprint density at radius 3 is 1.59 bits per heavy atom. The van der Waals surface area contributed by atoms with Gasteiger partial charge in [-0.05, 0) is 93.5 Å². The van der Waals surface area contributed by atoms with Crippen molar-refractivity contribution in [2.45, 2.75) is 26.2 Å². The first-order valence-corrected chi connectivity index (χ1v) is 15.5. The third-order valence-electron chi connectivity index (χ3n) is 9.15. The van der Waals surface area contributed by atoms with Crippen LogP contribution in [0.1, 0.15) is 26.3 Å². The summed E-state index contributed by atoms with van der Waals surface area (Å²) in [5, 5.41) is 10.4. The maximum absolute atomic E-state index is 2.46. The lowest BCUT2D eigenvalue weighted by Crippen LogP contribution is -2.13. The molecule has 0 aromatic heterocycles. The molecule has 0 spiro atoms. The van der Waals surface area contributed by atoms with Crippen LogP contribution in [0.5, 0.6) is 0 Å². The van der Waals surface area contributed by atoms with Crippen molar-refractivity contribution in [3.05, 3.63) is 157 Å². The SMILES string of the molecule is CC(C)(C)c1c2ccccc2c(-c2cccc3ccccc23)c2ccc(-c3ccc(-c4ccccc4)c4ccccc34)cc12. The number of rotatable bonds is 3. The number of fused-ring (bicyclic) bond motifs is 4. The summed E-state index contributed by atoms with van der Waals surface area (Å²) in [7, 11) is 0. The molecule has 0 aliphatic carbocycles. The van der Waals surface area contributed by atoms with Gasteiger partial charge in [0.2, 0.25) is 0 Å². The molecular formula is C44H34. The summed E-state index contributed by atoms with van der Waals surface area (Å²) < 4.78 is 0. The van der Waals surface area contributed by atoms with E-state index >= 15 is 0 Å². The zero-order valence-corrected chi connectivity index (χ0v) is 25.4. The molecule has 8 aromatic carbocycles. The molecule has 0 saturated carbocycles. The summed E-state index contributed by atoms with van der Waals surface area (Å²) in [5.74, 6) is 0. The van der Waals surface area contributed by atoms with Gasteiger partial charge in [0.1, 0.15) is 0 Å². The van der Waals surface area contributed by atoms with Crippen molar-refractivity contribution in [1.29, 1.82) is 0 Å². The van der Waals surface area contributed by atoms with E-state index in [2.05, 4.69) is 172 Å². The summed E-state index contributed by atoms with van der Waals surface area (Å²) in [6, 6.07) is 55.8. The molecule has 210 valence electrons. The molecule has 0 bridgehead atoms. The zero-order chi connectivity index (χ0) is 29.8. The number of hydrogen-bond donors (Lipinski definition) is 0. The van der Waals surface area contributed by atoms with Gasteiger partial charge >= 0.3 is 0 Å². The molecule has 0 heterocycles. The average molecular weight is 563 g/mol. The van der Waals surface area contributed by atoms with Gasteiger partial charge in [0.25, 0.3) is 0 Å². The normalized spacial score (nSPS) is 12.0. The minimum absolute atomic E-state index is 0.0486. The molecule has 0 aliphatic heterocycles. The van der Waals surface area contributed by atoms with Crippen molar-refractivity contribution < 1.29 is 0 Å². The molecule has 44 heavy (non-hydrogen) atoms. The van der Waals surface area contributed by atoms with E-state index in [1.165, 1.54) is 82.0 Å². The largest absolute Gasteiger partial charge is 0.0622 e. The molecule has 0 N–H and O–H groups in total. The maximum Gasteiger partial charge on any atom is -0.00204 e. The van der Waals surface area contributed by atoms with Crippen LogP contribution in [-0.2, 0) is 5.41 Å². The Labute approximate surface area is 259 Å². The molecule has 0 fully saturated rings. The second-order valence-corrected chi connectivity index (χ2v) is 12.9. The summed E-state index contributed by atoms with van der Waals surface area (Å²) in [4.78, 5) is 0. The van der Waals surface area contributed by atoms with Crippen LogP contribution in [0.2, 0.25) is 0 Å². The molecule has 8 rings (SSSR count). The third-order valence-corrected chi connectivity index (χ3v) is 9.15. The molecule has 0 nitrogen and oxygen atoms in total. The molecule has 0 heteroatoms. The van der Waals surface area contributed by atoms with Gasteiger partial charge in [0, 0.05) is 0 Å². The fourth-order valence-corrected chi connectivity index (χ4v) is 7.31. The van der Waals surface area contributed by atoms with Crippen molar-refractivity contribution in [2.75, 3.05) is 0 Å². The van der Waals surface area contributed by atoms with Crippen LogP contribution in [0.3, 0.4) is 0 Å². The van der Waals surface area contributed by atoms with Crippen LogP contribution in [0, 0.1) is 0 Å². The predicted octanol–water partition coefficient (Wildman–Crippen LogP) is 12.6. The molecule has 0 unspecified atom stereocenters. The first-order valence-electron chi connectivity index (χ1n) is 15.5. The Bertz CT molecular complexity index is 2340. The van der Waals surface area contributed by atoms with Crippen molar-refractivity contribution in [2.24, 2.45) is 0 Å². The van der Waals surface area contributed by atoms with E-state index in [-0.39, 0.29) is 5.41 Å². The highest BCUT2D eigenvalue weighted by Gasteiger charge is 2.24. The molecule has 0 saturated heterocycles. The van der Waals surface area contributed by atoms with E-state index in [9.17, 15) is 0 Å². The minimum Gasteiger partial charge on any atom is -0.0622 e. The topological polar surface area (TPSA) is 0 Å². The fourth-order valence-electron chi connectivity index (χ4n) is 7.31. The summed E-state index contributed by atoms with van der Waals surface area (Å²) in [5.41, 5.74) is 8.98. The number of hydrogen-bond acceptors (Lipinski definition) is 0. The van der Waals surface area contributed by atoms with Gasteiger partial charge in [-0.1, -0.05) is 166 Å². The van der Waals surface area contributed by atoms with Gasteiger partial charge in [-0.25, -0.2) is 0 Å². The molecule has 0 atom stereocenters. The van der Waals surface area contributed by atoms with E-state index in [1.807, 2.05) is 0 Å². The highest BCUT2D eigenvalue weighted by Crippen LogP contribution is 2.46. The lowest BCUT2D eigenvalue weighted by atomic mass is 9.77. The van der Waals surface area contributed by atoms with Gasteiger partial charge in [-0.2, -0.15) is 0 Å². The second-order valence-electron chi connectivity index (χ2n) is 12.9. The van der Waals surface area contributed by atoms with Crippen molar-refractivity contribution >= 4 is 43.1 Å². The zero-order valence-electron chi connectivity index (χ0n) is 25.4. The first kappa shape index (κ1) is 26.4. The summed E-state index contributed by atoms with van der Waals surface area (Å²) in [6.07, 6.45) is 0. The predicted molar refractivity (Wildman–Crippen MR) is 191 cm³/mol. The smallest absolute Gasteiger partial charge is 0.00204 e. The van der Waals surface area contributed by atoms with E-state index in [1.54, 1.807) is 0 Å². The Balaban J connectivity index is 1.47. The Morgan fingerprint density at radius 2 is 0.886 bits per heavy atom. The molecule has 0 aliphatic rings. The molecular weight excluding hydrogens is 528 g/mol. The van der Waals surface area contributed by atoms with Crippen molar-refractivity contribution in [3.8, 4) is 33.4 Å². The van der Waals surface area contributed by atoms with E-state index in [4.69, 9.17) is 0 Å². The van der Waals surface area contributed by atoms with Gasteiger partial charge in [-0.3, -0.25) is 0 Å². The average Bonchev–Trinajstić information content (AvgIpc) is 3.06. The van der Waals surface area contributed by atoms with E-state index in [0.717, 1.165) is 0 Å². The minimum atomic E-state index is -0.0486. The van der Waals surface area contributed by atoms with Crippen LogP contribution < -0.4 is 0 Å². The highest BCUT2D eigenvalue weighted by molar-refractivity contribution is 6.19. The van der Waals surface area contributed by atoms with Crippen LogP contribution in [-0.4, -0.2) is 0 Å². The van der Waals surface area contributed by atoms with E-state index in [0.29, 0.717) is 0 Å². The van der Waals surface area contributed by atoms with E-state index < -0.39 is 0 Å². The van der Waals surface area contributed by atoms with Crippen molar-refractivity contribution in [1.82, 2.24) is 0 Å². The van der Waals surface area contributed by atoms with Crippen molar-refractivity contribution in [3.63, 3.8) is 0 Å².